The molecule has 5 heteroatoms. The fourth-order valence-corrected chi connectivity index (χ4v) is 1.50. The van der Waals surface area contributed by atoms with Crippen LogP contribution in [0.15, 0.2) is 12.4 Å². The minimum atomic E-state index is 0.338. The predicted octanol–water partition coefficient (Wildman–Crippen LogP) is 1.60. The average Bonchev–Trinajstić information content (AvgIpc) is 2.39. The minimum Gasteiger partial charge on any atom is -0.383 e. The van der Waals surface area contributed by atoms with Crippen molar-refractivity contribution in [1.82, 2.24) is 9.97 Å². The summed E-state index contributed by atoms with van der Waals surface area (Å²) in [6, 6.07) is 2.33. The van der Waals surface area contributed by atoms with E-state index < -0.39 is 0 Å². The van der Waals surface area contributed by atoms with E-state index in [1.165, 1.54) is 6.20 Å². The first-order chi connectivity index (χ1) is 8.22. The molecule has 17 heavy (non-hydrogen) atoms. The number of anilines is 1. The number of nitriles is 1. The van der Waals surface area contributed by atoms with Gasteiger partial charge in [-0.1, -0.05) is 6.92 Å². The van der Waals surface area contributed by atoms with Crippen molar-refractivity contribution in [2.45, 2.75) is 26.3 Å². The van der Waals surface area contributed by atoms with Crippen LogP contribution in [0.4, 0.5) is 5.82 Å². The summed E-state index contributed by atoms with van der Waals surface area (Å²) in [6.07, 6.45) is 4.16. The molecule has 0 saturated heterocycles. The van der Waals surface area contributed by atoms with Gasteiger partial charge in [-0.05, 0) is 13.3 Å². The Morgan fingerprint density at radius 1 is 1.47 bits per heavy atom. The van der Waals surface area contributed by atoms with Crippen molar-refractivity contribution < 1.29 is 4.74 Å². The Hall–Kier alpha value is -1.67. The normalized spacial score (nSPS) is 11.9. The molecule has 92 valence electrons. The van der Waals surface area contributed by atoms with E-state index in [-0.39, 0.29) is 0 Å². The van der Waals surface area contributed by atoms with Gasteiger partial charge < -0.3 is 9.64 Å². The van der Waals surface area contributed by atoms with E-state index in [1.807, 2.05) is 6.07 Å². The van der Waals surface area contributed by atoms with Gasteiger partial charge in [-0.15, -0.1) is 0 Å². The number of methoxy groups -OCH3 is 1. The lowest BCUT2D eigenvalue weighted by atomic mass is 10.2. The lowest BCUT2D eigenvalue weighted by Crippen LogP contribution is -2.36. The Labute approximate surface area is 102 Å². The Morgan fingerprint density at radius 2 is 2.24 bits per heavy atom. The van der Waals surface area contributed by atoms with Crippen LogP contribution in [-0.2, 0) is 4.74 Å². The molecule has 0 fully saturated rings. The van der Waals surface area contributed by atoms with Gasteiger partial charge >= 0.3 is 0 Å². The topological polar surface area (TPSA) is 62.0 Å². The van der Waals surface area contributed by atoms with Crippen LogP contribution in [-0.4, -0.2) is 36.3 Å². The smallest absolute Gasteiger partial charge is 0.158 e. The lowest BCUT2D eigenvalue weighted by Gasteiger charge is -2.29. The second kappa shape index (κ2) is 6.81. The highest BCUT2D eigenvalue weighted by atomic mass is 16.5. The third kappa shape index (κ3) is 3.68. The summed E-state index contributed by atoms with van der Waals surface area (Å²) in [4.78, 5) is 10.4. The number of hydrogen-bond acceptors (Lipinski definition) is 5. The maximum Gasteiger partial charge on any atom is 0.158 e. The van der Waals surface area contributed by atoms with Gasteiger partial charge in [0.05, 0.1) is 19.0 Å². The van der Waals surface area contributed by atoms with Crippen LogP contribution in [0.25, 0.3) is 0 Å². The average molecular weight is 234 g/mol. The van der Waals surface area contributed by atoms with Crippen molar-refractivity contribution >= 4 is 5.82 Å². The Kier molecular flexibility index (Phi) is 5.37. The molecule has 5 nitrogen and oxygen atoms in total. The standard InChI is InChI=1S/C12H18N4O/c1-4-10(2)16(5-6-17-3)12-9-14-11(7-13)8-15-12/h8-10H,4-6H2,1-3H3. The molecule has 0 aliphatic heterocycles. The van der Waals surface area contributed by atoms with Gasteiger partial charge in [-0.2, -0.15) is 5.26 Å². The summed E-state index contributed by atoms with van der Waals surface area (Å²) >= 11 is 0. The summed E-state index contributed by atoms with van der Waals surface area (Å²) in [6.45, 7) is 5.68. The van der Waals surface area contributed by atoms with Crippen LogP contribution in [0.5, 0.6) is 0 Å². The van der Waals surface area contributed by atoms with Gasteiger partial charge in [0.15, 0.2) is 5.69 Å². The number of aromatic nitrogens is 2. The van der Waals surface area contributed by atoms with E-state index in [4.69, 9.17) is 10.00 Å². The first kappa shape index (κ1) is 13.4. The van der Waals surface area contributed by atoms with E-state index in [0.717, 1.165) is 18.8 Å². The van der Waals surface area contributed by atoms with Gasteiger partial charge in [0, 0.05) is 19.7 Å². The molecule has 1 aromatic heterocycles. The highest BCUT2D eigenvalue weighted by Crippen LogP contribution is 2.14. The zero-order valence-corrected chi connectivity index (χ0v) is 10.6. The van der Waals surface area contributed by atoms with Gasteiger partial charge in [0.25, 0.3) is 0 Å². The summed E-state index contributed by atoms with van der Waals surface area (Å²) < 4.78 is 5.09. The summed E-state index contributed by atoms with van der Waals surface area (Å²) in [7, 11) is 1.68. The monoisotopic (exact) mass is 234 g/mol. The molecular formula is C12H18N4O. The van der Waals surface area contributed by atoms with Crippen LogP contribution < -0.4 is 4.90 Å². The molecule has 0 aliphatic rings. The van der Waals surface area contributed by atoms with Gasteiger partial charge in [-0.3, -0.25) is 0 Å². The molecule has 1 rings (SSSR count). The fraction of sp³-hybridized carbons (Fsp3) is 0.583. The van der Waals surface area contributed by atoms with Crippen LogP contribution >= 0.6 is 0 Å². The molecule has 1 atom stereocenters. The molecule has 0 aliphatic carbocycles. The number of hydrogen-bond donors (Lipinski definition) is 0. The molecule has 1 unspecified atom stereocenters. The van der Waals surface area contributed by atoms with Crippen molar-refractivity contribution in [2.24, 2.45) is 0 Å². The highest BCUT2D eigenvalue weighted by Gasteiger charge is 2.14. The molecule has 0 radical (unpaired) electrons. The Balaban J connectivity index is 2.84. The fourth-order valence-electron chi connectivity index (χ4n) is 1.50. The van der Waals surface area contributed by atoms with Crippen LogP contribution in [0.2, 0.25) is 0 Å². The summed E-state index contributed by atoms with van der Waals surface area (Å²) in [5.41, 5.74) is 0.338. The number of rotatable bonds is 6. The minimum absolute atomic E-state index is 0.338. The maximum atomic E-state index is 8.68. The maximum absolute atomic E-state index is 8.68. The van der Waals surface area contributed by atoms with Crippen LogP contribution in [0.3, 0.4) is 0 Å². The van der Waals surface area contributed by atoms with Crippen LogP contribution in [0, 0.1) is 11.3 Å². The predicted molar refractivity (Wildman–Crippen MR) is 65.7 cm³/mol. The van der Waals surface area contributed by atoms with Gasteiger partial charge in [-0.25, -0.2) is 9.97 Å². The van der Waals surface area contributed by atoms with E-state index in [9.17, 15) is 0 Å². The molecule has 0 bridgehead atoms. The SMILES string of the molecule is CCC(C)N(CCOC)c1cnc(C#N)cn1. The largest absolute Gasteiger partial charge is 0.383 e. The van der Waals surface area contributed by atoms with Crippen molar-refractivity contribution in [1.29, 1.82) is 5.26 Å². The van der Waals surface area contributed by atoms with Gasteiger partial charge in [0.2, 0.25) is 0 Å². The quantitative estimate of drug-likeness (QED) is 0.748. The third-order valence-corrected chi connectivity index (χ3v) is 2.71. The van der Waals surface area contributed by atoms with E-state index in [2.05, 4.69) is 28.7 Å². The second-order valence-electron chi connectivity index (χ2n) is 3.82. The molecule has 0 N–H and O–H groups in total. The molecule has 0 aromatic carbocycles. The summed E-state index contributed by atoms with van der Waals surface area (Å²) in [5.74, 6) is 0.787. The van der Waals surface area contributed by atoms with Crippen molar-refractivity contribution in [3.05, 3.63) is 18.1 Å². The van der Waals surface area contributed by atoms with Crippen LogP contribution in [0.1, 0.15) is 26.0 Å². The Morgan fingerprint density at radius 3 is 2.71 bits per heavy atom. The lowest BCUT2D eigenvalue weighted by molar-refractivity contribution is 0.203. The zero-order valence-electron chi connectivity index (χ0n) is 10.6. The van der Waals surface area contributed by atoms with Gasteiger partial charge in [0.1, 0.15) is 11.9 Å². The molecule has 0 spiro atoms. The second-order valence-corrected chi connectivity index (χ2v) is 3.82. The molecule has 1 aromatic rings. The first-order valence-electron chi connectivity index (χ1n) is 5.70. The third-order valence-electron chi connectivity index (χ3n) is 2.71. The van der Waals surface area contributed by atoms with Crippen molar-refractivity contribution in [3.63, 3.8) is 0 Å². The molecule has 1 heterocycles. The van der Waals surface area contributed by atoms with Crippen molar-refractivity contribution in [2.75, 3.05) is 25.2 Å². The number of nitrogens with zero attached hydrogens (tertiary/aromatic N) is 4. The highest BCUT2D eigenvalue weighted by molar-refractivity contribution is 5.38. The zero-order chi connectivity index (χ0) is 12.7. The Bertz CT molecular complexity index is 371. The van der Waals surface area contributed by atoms with E-state index >= 15 is 0 Å². The molecule has 0 amide bonds. The first-order valence-corrected chi connectivity index (χ1v) is 5.70. The number of ether oxygens (including phenoxy) is 1. The van der Waals surface area contributed by atoms with Crippen molar-refractivity contribution in [3.8, 4) is 6.07 Å². The molecule has 0 saturated carbocycles. The van der Waals surface area contributed by atoms with E-state index in [0.29, 0.717) is 18.3 Å². The molecular weight excluding hydrogens is 216 g/mol. The summed E-state index contributed by atoms with van der Waals surface area (Å²) in [5, 5.41) is 8.68. The van der Waals surface area contributed by atoms with E-state index in [1.54, 1.807) is 13.3 Å².